The van der Waals surface area contributed by atoms with E-state index in [0.717, 1.165) is 13.0 Å². The molecule has 0 aliphatic rings. The Labute approximate surface area is 127 Å². The minimum atomic E-state index is 0.433. The molecule has 1 unspecified atom stereocenters. The molecule has 1 heterocycles. The minimum absolute atomic E-state index is 0.433. The summed E-state index contributed by atoms with van der Waals surface area (Å²) < 4.78 is 0. The first-order valence-corrected chi connectivity index (χ1v) is 8.27. The van der Waals surface area contributed by atoms with Crippen LogP contribution in [0, 0.1) is 20.8 Å². The average Bonchev–Trinajstić information content (AvgIpc) is 2.76. The largest absolute Gasteiger partial charge is 0.310 e. The molecule has 0 amide bonds. The Bertz CT molecular complexity index is 539. The summed E-state index contributed by atoms with van der Waals surface area (Å²) in [5.74, 6) is 0. The van der Waals surface area contributed by atoms with Gasteiger partial charge in [0.2, 0.25) is 0 Å². The summed E-state index contributed by atoms with van der Waals surface area (Å²) in [6, 6.07) is 11.7. The fraction of sp³-hybridized carbons (Fsp3) is 0.444. The molecule has 0 aliphatic heterocycles. The highest BCUT2D eigenvalue weighted by Crippen LogP contribution is 2.28. The third kappa shape index (κ3) is 3.94. The second kappa shape index (κ2) is 7.05. The first-order chi connectivity index (χ1) is 9.60. The van der Waals surface area contributed by atoms with Crippen LogP contribution in [0.4, 0.5) is 0 Å². The van der Waals surface area contributed by atoms with Gasteiger partial charge in [-0.2, -0.15) is 0 Å². The van der Waals surface area contributed by atoms with Crippen LogP contribution >= 0.6 is 11.3 Å². The molecule has 0 radical (unpaired) electrons. The van der Waals surface area contributed by atoms with Crippen molar-refractivity contribution in [1.29, 1.82) is 0 Å². The molecule has 20 heavy (non-hydrogen) atoms. The topological polar surface area (TPSA) is 12.0 Å². The zero-order chi connectivity index (χ0) is 14.5. The Hall–Kier alpha value is -1.12. The van der Waals surface area contributed by atoms with Crippen molar-refractivity contribution in [3.05, 3.63) is 56.8 Å². The van der Waals surface area contributed by atoms with Crippen molar-refractivity contribution in [2.24, 2.45) is 0 Å². The molecule has 108 valence electrons. The number of benzene rings is 1. The van der Waals surface area contributed by atoms with Crippen molar-refractivity contribution in [3.8, 4) is 0 Å². The number of aryl methyl sites for hydroxylation is 3. The lowest BCUT2D eigenvalue weighted by Crippen LogP contribution is -2.24. The second-order valence-electron chi connectivity index (χ2n) is 5.57. The van der Waals surface area contributed by atoms with E-state index in [1.165, 1.54) is 32.9 Å². The number of rotatable bonds is 6. The number of hydrogen-bond donors (Lipinski definition) is 1. The van der Waals surface area contributed by atoms with Gasteiger partial charge in [0.15, 0.2) is 0 Å². The van der Waals surface area contributed by atoms with Crippen molar-refractivity contribution in [3.63, 3.8) is 0 Å². The molecule has 0 bridgehead atoms. The van der Waals surface area contributed by atoms with Crippen LogP contribution in [0.25, 0.3) is 0 Å². The van der Waals surface area contributed by atoms with Crippen LogP contribution < -0.4 is 5.32 Å². The lowest BCUT2D eigenvalue weighted by molar-refractivity contribution is 0.528. The van der Waals surface area contributed by atoms with Gasteiger partial charge in [0.25, 0.3) is 0 Å². The van der Waals surface area contributed by atoms with Crippen LogP contribution in [0.15, 0.2) is 30.3 Å². The van der Waals surface area contributed by atoms with E-state index in [2.05, 4.69) is 63.3 Å². The molecular formula is C18H25NS. The molecule has 1 atom stereocenters. The molecular weight excluding hydrogens is 262 g/mol. The summed E-state index contributed by atoms with van der Waals surface area (Å²) >= 11 is 1.90. The summed E-state index contributed by atoms with van der Waals surface area (Å²) in [4.78, 5) is 2.85. The predicted octanol–water partition coefficient (Wildman–Crippen LogP) is 4.96. The van der Waals surface area contributed by atoms with Crippen molar-refractivity contribution in [1.82, 2.24) is 5.32 Å². The van der Waals surface area contributed by atoms with E-state index in [1.807, 2.05) is 11.3 Å². The Morgan fingerprint density at radius 3 is 2.35 bits per heavy atom. The van der Waals surface area contributed by atoms with Crippen LogP contribution in [0.3, 0.4) is 0 Å². The van der Waals surface area contributed by atoms with E-state index in [9.17, 15) is 0 Å². The quantitative estimate of drug-likeness (QED) is 0.792. The van der Waals surface area contributed by atoms with Crippen LogP contribution in [0.2, 0.25) is 0 Å². The second-order valence-corrected chi connectivity index (χ2v) is 7.03. The number of thiophene rings is 1. The van der Waals surface area contributed by atoms with E-state index in [-0.39, 0.29) is 0 Å². The van der Waals surface area contributed by atoms with E-state index in [1.54, 1.807) is 0 Å². The summed E-state index contributed by atoms with van der Waals surface area (Å²) in [6.07, 6.45) is 2.24. The molecule has 0 aliphatic carbocycles. The molecule has 0 spiro atoms. The van der Waals surface area contributed by atoms with Crippen LogP contribution in [0.1, 0.15) is 45.8 Å². The Kier molecular flexibility index (Phi) is 5.38. The highest BCUT2D eigenvalue weighted by Gasteiger charge is 2.15. The molecule has 0 saturated heterocycles. The summed E-state index contributed by atoms with van der Waals surface area (Å²) in [5, 5.41) is 3.71. The van der Waals surface area contributed by atoms with Crippen molar-refractivity contribution in [2.75, 3.05) is 6.54 Å². The third-order valence-electron chi connectivity index (χ3n) is 3.66. The zero-order valence-electron chi connectivity index (χ0n) is 13.0. The molecule has 0 fully saturated rings. The maximum atomic E-state index is 3.71. The normalized spacial score (nSPS) is 12.6. The number of hydrogen-bond acceptors (Lipinski definition) is 2. The molecule has 1 aromatic carbocycles. The third-order valence-corrected chi connectivity index (χ3v) is 4.64. The Balaban J connectivity index is 2.19. The summed E-state index contributed by atoms with van der Waals surface area (Å²) in [5.41, 5.74) is 4.21. The number of nitrogens with one attached hydrogen (secondary N) is 1. The molecule has 2 heteroatoms. The summed E-state index contributed by atoms with van der Waals surface area (Å²) in [7, 11) is 0. The molecule has 2 rings (SSSR count). The predicted molar refractivity (Wildman–Crippen MR) is 89.7 cm³/mol. The van der Waals surface area contributed by atoms with Gasteiger partial charge >= 0.3 is 0 Å². The monoisotopic (exact) mass is 287 g/mol. The van der Waals surface area contributed by atoms with E-state index >= 15 is 0 Å². The van der Waals surface area contributed by atoms with Crippen molar-refractivity contribution in [2.45, 2.75) is 46.6 Å². The zero-order valence-corrected chi connectivity index (χ0v) is 13.8. The average molecular weight is 287 g/mol. The van der Waals surface area contributed by atoms with Gasteiger partial charge in [0.05, 0.1) is 0 Å². The SMILES string of the molecule is CCCNC(Cc1ccc(C)cc1)c1cc(C)sc1C. The highest BCUT2D eigenvalue weighted by molar-refractivity contribution is 7.12. The fourth-order valence-corrected chi connectivity index (χ4v) is 3.55. The van der Waals surface area contributed by atoms with Crippen molar-refractivity contribution >= 4 is 11.3 Å². The maximum Gasteiger partial charge on any atom is 0.0371 e. The highest BCUT2D eigenvalue weighted by atomic mass is 32.1. The van der Waals surface area contributed by atoms with Gasteiger partial charge in [-0.3, -0.25) is 0 Å². The van der Waals surface area contributed by atoms with Gasteiger partial charge in [-0.1, -0.05) is 36.8 Å². The molecule has 0 saturated carbocycles. The molecule has 1 aromatic heterocycles. The standard InChI is InChI=1S/C18H25NS/c1-5-10-19-18(17-11-14(3)20-15(17)4)12-16-8-6-13(2)7-9-16/h6-9,11,18-19H,5,10,12H2,1-4H3. The van der Waals surface area contributed by atoms with E-state index in [4.69, 9.17) is 0 Å². The minimum Gasteiger partial charge on any atom is -0.310 e. The van der Waals surface area contributed by atoms with Crippen LogP contribution in [-0.4, -0.2) is 6.54 Å². The maximum absolute atomic E-state index is 3.71. The van der Waals surface area contributed by atoms with E-state index in [0.29, 0.717) is 6.04 Å². The first kappa shape index (κ1) is 15.3. The smallest absolute Gasteiger partial charge is 0.0371 e. The van der Waals surface area contributed by atoms with Gasteiger partial charge in [-0.05, 0) is 57.4 Å². The Morgan fingerprint density at radius 2 is 1.80 bits per heavy atom. The summed E-state index contributed by atoms with van der Waals surface area (Å²) in [6.45, 7) is 9.88. The van der Waals surface area contributed by atoms with Gasteiger partial charge in [-0.15, -0.1) is 11.3 Å². The van der Waals surface area contributed by atoms with Crippen molar-refractivity contribution < 1.29 is 0 Å². The van der Waals surface area contributed by atoms with E-state index < -0.39 is 0 Å². The van der Waals surface area contributed by atoms with Gasteiger partial charge in [-0.25, -0.2) is 0 Å². The van der Waals surface area contributed by atoms with Crippen LogP contribution in [-0.2, 0) is 6.42 Å². The molecule has 1 N–H and O–H groups in total. The van der Waals surface area contributed by atoms with Gasteiger partial charge in [0, 0.05) is 15.8 Å². The lowest BCUT2D eigenvalue weighted by Gasteiger charge is -2.19. The Morgan fingerprint density at radius 1 is 1.10 bits per heavy atom. The molecule has 1 nitrogen and oxygen atoms in total. The lowest BCUT2D eigenvalue weighted by atomic mass is 9.98. The van der Waals surface area contributed by atoms with Crippen LogP contribution in [0.5, 0.6) is 0 Å². The van der Waals surface area contributed by atoms with Gasteiger partial charge in [0.1, 0.15) is 0 Å². The molecule has 2 aromatic rings. The van der Waals surface area contributed by atoms with Gasteiger partial charge < -0.3 is 5.32 Å². The fourth-order valence-electron chi connectivity index (χ4n) is 2.57. The first-order valence-electron chi connectivity index (χ1n) is 7.46.